The molecule has 142 valence electrons. The molecule has 0 radical (unpaired) electrons. The molecule has 3 aromatic rings. The summed E-state index contributed by atoms with van der Waals surface area (Å²) in [6.45, 7) is 0. The number of hydrogen-bond acceptors (Lipinski definition) is 5. The van der Waals surface area contributed by atoms with Crippen LogP contribution in [0.4, 0.5) is 0 Å². The summed E-state index contributed by atoms with van der Waals surface area (Å²) in [6, 6.07) is 14.0. The van der Waals surface area contributed by atoms with E-state index in [0.29, 0.717) is 16.5 Å². The molecule has 28 heavy (non-hydrogen) atoms. The summed E-state index contributed by atoms with van der Waals surface area (Å²) in [5.41, 5.74) is 6.07. The lowest BCUT2D eigenvalue weighted by molar-refractivity contribution is -0.117. The van der Waals surface area contributed by atoms with Crippen LogP contribution in [0.25, 0.3) is 11.8 Å². The number of carbonyl (C=O) groups is 2. The largest absolute Gasteiger partial charge is 0.496 e. The van der Waals surface area contributed by atoms with Gasteiger partial charge in [0, 0.05) is 11.1 Å². The molecule has 1 heterocycles. The van der Waals surface area contributed by atoms with Crippen LogP contribution in [-0.4, -0.2) is 33.9 Å². The zero-order chi connectivity index (χ0) is 19.9. The molecule has 9 heteroatoms. The third-order valence-electron chi connectivity index (χ3n) is 3.61. The Balaban J connectivity index is 1.58. The molecule has 0 atom stereocenters. The maximum atomic E-state index is 12.2. The number of benzene rings is 2. The van der Waals surface area contributed by atoms with Crippen LogP contribution < -0.4 is 15.6 Å². The average molecular weight is 398 g/mol. The third-order valence-corrected chi connectivity index (χ3v) is 3.84. The number of hydrazine groups is 1. The molecule has 0 aliphatic carbocycles. The highest BCUT2D eigenvalue weighted by Gasteiger charge is 2.13. The Morgan fingerprint density at radius 2 is 1.93 bits per heavy atom. The van der Waals surface area contributed by atoms with Crippen molar-refractivity contribution in [2.45, 2.75) is 0 Å². The molecule has 0 saturated heterocycles. The molecule has 8 nitrogen and oxygen atoms in total. The van der Waals surface area contributed by atoms with Crippen LogP contribution in [0.1, 0.15) is 16.1 Å². The van der Waals surface area contributed by atoms with Crippen molar-refractivity contribution in [3.05, 3.63) is 77.1 Å². The van der Waals surface area contributed by atoms with Gasteiger partial charge in [-0.05, 0) is 36.4 Å². The Morgan fingerprint density at radius 1 is 1.14 bits per heavy atom. The van der Waals surface area contributed by atoms with E-state index in [1.165, 1.54) is 36.3 Å². The third kappa shape index (κ3) is 4.74. The van der Waals surface area contributed by atoms with Gasteiger partial charge in [0.2, 0.25) is 0 Å². The number of ether oxygens (including phenoxy) is 1. The van der Waals surface area contributed by atoms with E-state index in [1.807, 2.05) is 30.3 Å². The first-order chi connectivity index (χ1) is 13.6. The summed E-state index contributed by atoms with van der Waals surface area (Å²) in [5, 5.41) is 8.75. The number of hydrogen-bond donors (Lipinski definition) is 2. The van der Waals surface area contributed by atoms with Gasteiger partial charge in [-0.15, -0.1) is 5.10 Å². The van der Waals surface area contributed by atoms with Crippen molar-refractivity contribution in [2.24, 2.45) is 0 Å². The number of methoxy groups -OCH3 is 1. The lowest BCUT2D eigenvalue weighted by Gasteiger charge is -2.09. The molecule has 2 amide bonds. The van der Waals surface area contributed by atoms with E-state index in [4.69, 9.17) is 16.3 Å². The molecule has 0 aliphatic heterocycles. The van der Waals surface area contributed by atoms with E-state index in [1.54, 1.807) is 12.1 Å². The molecule has 0 saturated carbocycles. The minimum Gasteiger partial charge on any atom is -0.496 e. The summed E-state index contributed by atoms with van der Waals surface area (Å²) in [7, 11) is 1.43. The van der Waals surface area contributed by atoms with Crippen LogP contribution in [0.2, 0.25) is 5.02 Å². The average Bonchev–Trinajstić information content (AvgIpc) is 3.20. The molecule has 0 spiro atoms. The lowest BCUT2D eigenvalue weighted by Crippen LogP contribution is -2.40. The van der Waals surface area contributed by atoms with E-state index in [-0.39, 0.29) is 5.56 Å². The zero-order valence-electron chi connectivity index (χ0n) is 14.8. The van der Waals surface area contributed by atoms with Crippen LogP contribution in [0, 0.1) is 0 Å². The molecule has 0 bridgehead atoms. The maximum Gasteiger partial charge on any atom is 0.273 e. The van der Waals surface area contributed by atoms with E-state index in [9.17, 15) is 9.59 Å². The standard InChI is InChI=1S/C19H16ClN5O3/c1-28-17-9-7-13(20)11-16(17)19(27)23-22-18(26)10-8-14-12-21-25(24-14)15-5-3-2-4-6-15/h2-12H,1H3,(H,22,26)(H,23,27)/b10-8+. The van der Waals surface area contributed by atoms with Gasteiger partial charge < -0.3 is 4.74 Å². The lowest BCUT2D eigenvalue weighted by atomic mass is 10.2. The Labute approximate surface area is 165 Å². The Bertz CT molecular complexity index is 1020. The smallest absolute Gasteiger partial charge is 0.273 e. The fourth-order valence-corrected chi connectivity index (χ4v) is 2.46. The van der Waals surface area contributed by atoms with Crippen LogP contribution in [0.3, 0.4) is 0 Å². The molecule has 2 N–H and O–H groups in total. The molecular formula is C19H16ClN5O3. The van der Waals surface area contributed by atoms with Crippen LogP contribution in [0.5, 0.6) is 5.75 Å². The fourth-order valence-electron chi connectivity index (χ4n) is 2.28. The van der Waals surface area contributed by atoms with Crippen molar-refractivity contribution in [2.75, 3.05) is 7.11 Å². The van der Waals surface area contributed by atoms with Crippen LogP contribution >= 0.6 is 11.6 Å². The van der Waals surface area contributed by atoms with Gasteiger partial charge in [0.15, 0.2) is 0 Å². The van der Waals surface area contributed by atoms with Crippen molar-refractivity contribution >= 4 is 29.5 Å². The summed E-state index contributed by atoms with van der Waals surface area (Å²) < 4.78 is 5.11. The minimum atomic E-state index is -0.559. The van der Waals surface area contributed by atoms with Gasteiger partial charge in [-0.1, -0.05) is 29.8 Å². The number of aromatic nitrogens is 3. The highest BCUT2D eigenvalue weighted by molar-refractivity contribution is 6.31. The predicted molar refractivity (Wildman–Crippen MR) is 104 cm³/mol. The van der Waals surface area contributed by atoms with Gasteiger partial charge in [0.1, 0.15) is 11.4 Å². The molecule has 0 unspecified atom stereocenters. The quantitative estimate of drug-likeness (QED) is 0.509. The Kier molecular flexibility index (Phi) is 6.03. The van der Waals surface area contributed by atoms with Gasteiger partial charge in [0.05, 0.1) is 24.6 Å². The first-order valence-corrected chi connectivity index (χ1v) is 8.54. The number of halogens is 1. The number of rotatable bonds is 5. The normalized spacial score (nSPS) is 10.6. The van der Waals surface area contributed by atoms with Gasteiger partial charge in [-0.3, -0.25) is 20.4 Å². The van der Waals surface area contributed by atoms with Crippen molar-refractivity contribution in [3.8, 4) is 11.4 Å². The summed E-state index contributed by atoms with van der Waals surface area (Å²) in [5.74, 6) is -0.760. The molecule has 0 fully saturated rings. The molecule has 1 aromatic heterocycles. The maximum absolute atomic E-state index is 12.2. The summed E-state index contributed by atoms with van der Waals surface area (Å²) >= 11 is 5.90. The van der Waals surface area contributed by atoms with E-state index < -0.39 is 11.8 Å². The van der Waals surface area contributed by atoms with Gasteiger partial charge in [0.25, 0.3) is 11.8 Å². The second-order valence-corrected chi connectivity index (χ2v) is 5.95. The van der Waals surface area contributed by atoms with Crippen molar-refractivity contribution in [1.29, 1.82) is 0 Å². The van der Waals surface area contributed by atoms with Crippen LogP contribution in [0.15, 0.2) is 60.8 Å². The Morgan fingerprint density at radius 3 is 2.68 bits per heavy atom. The Hall–Kier alpha value is -3.65. The minimum absolute atomic E-state index is 0.199. The van der Waals surface area contributed by atoms with E-state index in [0.717, 1.165) is 5.69 Å². The first kappa shape index (κ1) is 19.1. The van der Waals surface area contributed by atoms with Crippen molar-refractivity contribution < 1.29 is 14.3 Å². The second kappa shape index (κ2) is 8.83. The molecule has 0 aliphatic rings. The number of para-hydroxylation sites is 1. The number of nitrogens with zero attached hydrogens (tertiary/aromatic N) is 3. The van der Waals surface area contributed by atoms with E-state index in [2.05, 4.69) is 21.0 Å². The van der Waals surface area contributed by atoms with Crippen molar-refractivity contribution in [1.82, 2.24) is 25.8 Å². The van der Waals surface area contributed by atoms with Crippen molar-refractivity contribution in [3.63, 3.8) is 0 Å². The number of carbonyl (C=O) groups excluding carboxylic acids is 2. The second-order valence-electron chi connectivity index (χ2n) is 5.52. The first-order valence-electron chi connectivity index (χ1n) is 8.16. The number of amides is 2. The molecule has 2 aromatic carbocycles. The fraction of sp³-hybridized carbons (Fsp3) is 0.0526. The highest BCUT2D eigenvalue weighted by Crippen LogP contribution is 2.22. The van der Waals surface area contributed by atoms with Gasteiger partial charge >= 0.3 is 0 Å². The monoisotopic (exact) mass is 397 g/mol. The summed E-state index contributed by atoms with van der Waals surface area (Å²) in [6.07, 6.45) is 4.23. The topological polar surface area (TPSA) is 98.1 Å². The predicted octanol–water partition coefficient (Wildman–Crippen LogP) is 2.40. The molecular weight excluding hydrogens is 382 g/mol. The zero-order valence-corrected chi connectivity index (χ0v) is 15.6. The summed E-state index contributed by atoms with van der Waals surface area (Å²) in [4.78, 5) is 25.6. The van der Waals surface area contributed by atoms with Gasteiger partial charge in [-0.2, -0.15) is 9.90 Å². The number of nitrogens with one attached hydrogen (secondary N) is 2. The SMILES string of the molecule is COc1ccc(Cl)cc1C(=O)NNC(=O)/C=C/c1cnn(-c2ccccc2)n1. The van der Waals surface area contributed by atoms with Gasteiger partial charge in [-0.25, -0.2) is 0 Å². The highest BCUT2D eigenvalue weighted by atomic mass is 35.5. The molecule has 3 rings (SSSR count). The van der Waals surface area contributed by atoms with E-state index >= 15 is 0 Å². The van der Waals surface area contributed by atoms with Crippen LogP contribution in [-0.2, 0) is 4.79 Å².